The lowest BCUT2D eigenvalue weighted by Gasteiger charge is -2.32. The van der Waals surface area contributed by atoms with E-state index in [9.17, 15) is 5.11 Å². The number of piperidine rings is 1. The van der Waals surface area contributed by atoms with Crippen molar-refractivity contribution in [3.8, 4) is 5.75 Å². The third kappa shape index (κ3) is 3.74. The number of aromatic nitrogens is 1. The van der Waals surface area contributed by atoms with Gasteiger partial charge in [0.1, 0.15) is 17.9 Å². The quantitative estimate of drug-likeness (QED) is 0.702. The minimum Gasteiger partial charge on any atom is -0.490 e. The average molecular weight is 301 g/mol. The Morgan fingerprint density at radius 3 is 3.09 bits per heavy atom. The molecule has 3 rings (SSSR count). The van der Waals surface area contributed by atoms with E-state index in [1.807, 2.05) is 30.3 Å². The molecule has 1 aromatic carbocycles. The molecule has 5 nitrogen and oxygen atoms in total. The minimum absolute atomic E-state index is 0.555. The number of rotatable bonds is 6. The van der Waals surface area contributed by atoms with Crippen LogP contribution in [-0.4, -0.2) is 48.5 Å². The highest BCUT2D eigenvalue weighted by Gasteiger charge is 2.28. The van der Waals surface area contributed by atoms with E-state index in [2.05, 4.69) is 15.6 Å². The van der Waals surface area contributed by atoms with Crippen LogP contribution in [0.25, 0.3) is 10.9 Å². The van der Waals surface area contributed by atoms with Crippen molar-refractivity contribution in [2.45, 2.75) is 18.4 Å². The van der Waals surface area contributed by atoms with Crippen LogP contribution in [0.1, 0.15) is 12.8 Å². The number of pyridine rings is 1. The zero-order valence-electron chi connectivity index (χ0n) is 12.7. The molecule has 5 heteroatoms. The fraction of sp³-hybridized carbons (Fsp3) is 0.471. The number of para-hydroxylation sites is 1. The highest BCUT2D eigenvalue weighted by molar-refractivity contribution is 5.84. The van der Waals surface area contributed by atoms with Crippen molar-refractivity contribution in [1.82, 2.24) is 15.6 Å². The summed E-state index contributed by atoms with van der Waals surface area (Å²) in [7, 11) is 0. The molecule has 1 aliphatic rings. The molecule has 0 amide bonds. The number of fused-ring (bicyclic) bond motifs is 1. The number of hydrogen-bond acceptors (Lipinski definition) is 5. The van der Waals surface area contributed by atoms with Crippen LogP contribution in [0.5, 0.6) is 5.75 Å². The molecular weight excluding hydrogens is 278 g/mol. The molecule has 1 aliphatic heterocycles. The predicted molar refractivity (Wildman–Crippen MR) is 87.2 cm³/mol. The van der Waals surface area contributed by atoms with Crippen molar-refractivity contribution in [2.24, 2.45) is 0 Å². The lowest BCUT2D eigenvalue weighted by Crippen LogP contribution is -2.52. The molecule has 0 aliphatic carbocycles. The van der Waals surface area contributed by atoms with E-state index in [0.29, 0.717) is 26.2 Å². The van der Waals surface area contributed by atoms with Gasteiger partial charge in [-0.25, -0.2) is 0 Å². The second kappa shape index (κ2) is 7.05. The smallest absolute Gasteiger partial charge is 0.145 e. The second-order valence-corrected chi connectivity index (χ2v) is 5.86. The van der Waals surface area contributed by atoms with E-state index < -0.39 is 5.60 Å². The van der Waals surface area contributed by atoms with E-state index in [1.54, 1.807) is 6.20 Å². The predicted octanol–water partition coefficient (Wildman–Crippen LogP) is 1.32. The van der Waals surface area contributed by atoms with Gasteiger partial charge in [-0.2, -0.15) is 0 Å². The normalized spacial score (nSPS) is 21.9. The van der Waals surface area contributed by atoms with Crippen LogP contribution in [-0.2, 0) is 0 Å². The Morgan fingerprint density at radius 1 is 1.32 bits per heavy atom. The first-order chi connectivity index (χ1) is 10.8. The van der Waals surface area contributed by atoms with Crippen molar-refractivity contribution in [2.75, 3.05) is 32.8 Å². The molecular formula is C17H23N3O2. The van der Waals surface area contributed by atoms with Gasteiger partial charge in [-0.1, -0.05) is 18.2 Å². The Hall–Kier alpha value is -1.69. The molecule has 0 bridgehead atoms. The summed E-state index contributed by atoms with van der Waals surface area (Å²) in [5.41, 5.74) is 0.263. The summed E-state index contributed by atoms with van der Waals surface area (Å²) >= 11 is 0. The third-order valence-corrected chi connectivity index (χ3v) is 4.04. The fourth-order valence-electron chi connectivity index (χ4n) is 2.85. The number of aliphatic hydroxyl groups is 1. The van der Waals surface area contributed by atoms with E-state index in [1.165, 1.54) is 0 Å². The van der Waals surface area contributed by atoms with Crippen molar-refractivity contribution >= 4 is 10.9 Å². The molecule has 0 saturated carbocycles. The molecule has 0 radical (unpaired) electrons. The van der Waals surface area contributed by atoms with Crippen LogP contribution in [0.15, 0.2) is 36.5 Å². The van der Waals surface area contributed by atoms with Gasteiger partial charge in [0, 0.05) is 31.2 Å². The maximum atomic E-state index is 10.4. The molecule has 1 aromatic heterocycles. The highest BCUT2D eigenvalue weighted by Crippen LogP contribution is 2.22. The summed E-state index contributed by atoms with van der Waals surface area (Å²) in [5, 5.41) is 17.9. The fourth-order valence-corrected chi connectivity index (χ4v) is 2.85. The van der Waals surface area contributed by atoms with Crippen LogP contribution in [0.3, 0.4) is 0 Å². The molecule has 1 atom stereocenters. The van der Waals surface area contributed by atoms with Gasteiger partial charge in [0.25, 0.3) is 0 Å². The zero-order valence-corrected chi connectivity index (χ0v) is 12.7. The Morgan fingerprint density at radius 2 is 2.23 bits per heavy atom. The Bertz CT molecular complexity index is 606. The van der Waals surface area contributed by atoms with Crippen LogP contribution in [0.2, 0.25) is 0 Å². The summed E-state index contributed by atoms with van der Waals surface area (Å²) in [6, 6.07) is 9.89. The number of ether oxygens (including phenoxy) is 1. The van der Waals surface area contributed by atoms with E-state index in [-0.39, 0.29) is 0 Å². The standard InChI is InChI=1S/C17H23N3O2/c21-17(7-3-8-18-12-17)13-19-10-11-22-15-6-1-4-14-5-2-9-20-16(14)15/h1-2,4-6,9,18-19,21H,3,7-8,10-13H2. The summed E-state index contributed by atoms with van der Waals surface area (Å²) in [4.78, 5) is 4.37. The lowest BCUT2D eigenvalue weighted by atomic mass is 9.94. The van der Waals surface area contributed by atoms with Crippen molar-refractivity contribution in [3.05, 3.63) is 36.5 Å². The summed E-state index contributed by atoms with van der Waals surface area (Å²) in [5.74, 6) is 0.804. The molecule has 3 N–H and O–H groups in total. The molecule has 2 heterocycles. The molecule has 0 spiro atoms. The Balaban J connectivity index is 1.46. The SMILES string of the molecule is OC1(CNCCOc2cccc3cccnc23)CCCNC1. The van der Waals surface area contributed by atoms with Crippen molar-refractivity contribution < 1.29 is 9.84 Å². The molecule has 118 valence electrons. The van der Waals surface area contributed by atoms with Crippen LogP contribution < -0.4 is 15.4 Å². The number of benzene rings is 1. The van der Waals surface area contributed by atoms with Gasteiger partial charge in [-0.15, -0.1) is 0 Å². The first kappa shape index (κ1) is 15.2. The molecule has 22 heavy (non-hydrogen) atoms. The van der Waals surface area contributed by atoms with Gasteiger partial charge in [0.05, 0.1) is 5.60 Å². The first-order valence-corrected chi connectivity index (χ1v) is 7.87. The lowest BCUT2D eigenvalue weighted by molar-refractivity contribution is 0.0167. The molecule has 1 fully saturated rings. The van der Waals surface area contributed by atoms with Crippen LogP contribution in [0.4, 0.5) is 0 Å². The first-order valence-electron chi connectivity index (χ1n) is 7.87. The van der Waals surface area contributed by atoms with Gasteiger partial charge >= 0.3 is 0 Å². The maximum Gasteiger partial charge on any atom is 0.145 e. The van der Waals surface area contributed by atoms with Crippen molar-refractivity contribution in [1.29, 1.82) is 0 Å². The average Bonchev–Trinajstić information content (AvgIpc) is 2.55. The molecule has 1 saturated heterocycles. The van der Waals surface area contributed by atoms with E-state index in [4.69, 9.17) is 4.74 Å². The number of nitrogens with one attached hydrogen (secondary N) is 2. The minimum atomic E-state index is -0.626. The second-order valence-electron chi connectivity index (χ2n) is 5.86. The van der Waals surface area contributed by atoms with Gasteiger partial charge in [0.2, 0.25) is 0 Å². The zero-order chi connectivity index (χ0) is 15.3. The van der Waals surface area contributed by atoms with Gasteiger partial charge < -0.3 is 20.5 Å². The Labute approximate surface area is 130 Å². The van der Waals surface area contributed by atoms with Gasteiger partial charge in [-0.05, 0) is 31.5 Å². The number of β-amino-alcohol motifs (C(OH)–C–C–N with tert-alkyl or cyclic N) is 1. The monoisotopic (exact) mass is 301 g/mol. The number of hydrogen-bond donors (Lipinski definition) is 3. The van der Waals surface area contributed by atoms with Crippen LogP contribution in [0, 0.1) is 0 Å². The van der Waals surface area contributed by atoms with Gasteiger partial charge in [-0.3, -0.25) is 4.98 Å². The third-order valence-electron chi connectivity index (χ3n) is 4.04. The summed E-state index contributed by atoms with van der Waals surface area (Å²) < 4.78 is 5.82. The molecule has 2 aromatic rings. The van der Waals surface area contributed by atoms with Crippen LogP contribution >= 0.6 is 0 Å². The summed E-state index contributed by atoms with van der Waals surface area (Å²) in [6.45, 7) is 3.51. The largest absolute Gasteiger partial charge is 0.490 e. The highest BCUT2D eigenvalue weighted by atomic mass is 16.5. The van der Waals surface area contributed by atoms with E-state index in [0.717, 1.165) is 36.0 Å². The topological polar surface area (TPSA) is 66.4 Å². The number of nitrogens with zero attached hydrogens (tertiary/aromatic N) is 1. The maximum absolute atomic E-state index is 10.4. The van der Waals surface area contributed by atoms with Crippen molar-refractivity contribution in [3.63, 3.8) is 0 Å². The van der Waals surface area contributed by atoms with E-state index >= 15 is 0 Å². The summed E-state index contributed by atoms with van der Waals surface area (Å²) in [6.07, 6.45) is 3.65. The van der Waals surface area contributed by atoms with Gasteiger partial charge in [0.15, 0.2) is 0 Å². The Kier molecular flexibility index (Phi) is 4.87. The molecule has 1 unspecified atom stereocenters.